The summed E-state index contributed by atoms with van der Waals surface area (Å²) >= 11 is 0. The Hall–Kier alpha value is -3.12. The quantitative estimate of drug-likeness (QED) is 0.319. The van der Waals surface area contributed by atoms with Crippen LogP contribution in [0.25, 0.3) is 5.70 Å². The van der Waals surface area contributed by atoms with Gasteiger partial charge >= 0.3 is 0 Å². The van der Waals surface area contributed by atoms with Gasteiger partial charge in [-0.25, -0.2) is 0 Å². The summed E-state index contributed by atoms with van der Waals surface area (Å²) in [4.78, 5) is 25.8. The summed E-state index contributed by atoms with van der Waals surface area (Å²) < 4.78 is 11.5. The maximum absolute atomic E-state index is 13.2. The molecule has 6 heteroatoms. The van der Waals surface area contributed by atoms with Gasteiger partial charge < -0.3 is 20.1 Å². The van der Waals surface area contributed by atoms with E-state index in [-0.39, 0.29) is 29.9 Å². The molecule has 6 nitrogen and oxygen atoms in total. The van der Waals surface area contributed by atoms with E-state index in [4.69, 9.17) is 9.47 Å². The SMILES string of the molecule is COc1ccc2c(c1)/C(=C/C(=O)c1ccc(NC(=O)CO[C@@H]3C[C@H](C)CC[C@H]3C(C)C)cc1)NC(C)(C)C2. The van der Waals surface area contributed by atoms with Gasteiger partial charge in [0.1, 0.15) is 12.4 Å². The number of fused-ring (bicyclic) bond motifs is 1. The van der Waals surface area contributed by atoms with Crippen LogP contribution in [-0.2, 0) is 16.0 Å². The zero-order chi connectivity index (χ0) is 27.4. The molecule has 2 aliphatic rings. The van der Waals surface area contributed by atoms with Crippen LogP contribution in [0.3, 0.4) is 0 Å². The number of benzene rings is 2. The fourth-order valence-corrected chi connectivity index (χ4v) is 5.77. The van der Waals surface area contributed by atoms with Crippen molar-refractivity contribution in [3.63, 3.8) is 0 Å². The van der Waals surface area contributed by atoms with Crippen LogP contribution in [0.1, 0.15) is 75.4 Å². The summed E-state index contributed by atoms with van der Waals surface area (Å²) in [5, 5.41) is 6.41. The van der Waals surface area contributed by atoms with E-state index in [1.165, 1.54) is 12.0 Å². The number of hydrogen-bond donors (Lipinski definition) is 2. The van der Waals surface area contributed by atoms with Crippen molar-refractivity contribution >= 4 is 23.1 Å². The summed E-state index contributed by atoms with van der Waals surface area (Å²) in [5.41, 5.74) is 3.97. The second-order valence-corrected chi connectivity index (χ2v) is 11.9. The molecule has 0 spiro atoms. The fourth-order valence-electron chi connectivity index (χ4n) is 5.77. The third kappa shape index (κ3) is 6.84. The number of hydrogen-bond acceptors (Lipinski definition) is 5. The van der Waals surface area contributed by atoms with Crippen LogP contribution in [-0.4, -0.2) is 37.0 Å². The average molecular weight is 519 g/mol. The van der Waals surface area contributed by atoms with E-state index >= 15 is 0 Å². The van der Waals surface area contributed by atoms with Crippen molar-refractivity contribution in [3.05, 3.63) is 65.2 Å². The maximum Gasteiger partial charge on any atom is 0.250 e. The molecular weight excluding hydrogens is 476 g/mol. The summed E-state index contributed by atoms with van der Waals surface area (Å²) in [5.74, 6) is 2.14. The summed E-state index contributed by atoms with van der Waals surface area (Å²) in [7, 11) is 1.64. The van der Waals surface area contributed by atoms with Crippen LogP contribution >= 0.6 is 0 Å². The molecule has 2 aromatic carbocycles. The van der Waals surface area contributed by atoms with Gasteiger partial charge in [0, 0.05) is 34.1 Å². The van der Waals surface area contributed by atoms with Crippen LogP contribution in [0.2, 0.25) is 0 Å². The van der Waals surface area contributed by atoms with E-state index in [2.05, 4.69) is 51.3 Å². The molecule has 2 aromatic rings. The van der Waals surface area contributed by atoms with Crippen molar-refractivity contribution < 1.29 is 19.1 Å². The molecule has 1 fully saturated rings. The third-order valence-corrected chi connectivity index (χ3v) is 7.83. The van der Waals surface area contributed by atoms with E-state index in [0.717, 1.165) is 36.3 Å². The predicted octanol–water partition coefficient (Wildman–Crippen LogP) is 6.26. The molecule has 4 rings (SSSR count). The zero-order valence-electron chi connectivity index (χ0n) is 23.6. The Labute approximate surface area is 227 Å². The number of rotatable bonds is 8. The van der Waals surface area contributed by atoms with Gasteiger partial charge in [-0.15, -0.1) is 0 Å². The van der Waals surface area contributed by atoms with Gasteiger partial charge in [0.25, 0.3) is 0 Å². The van der Waals surface area contributed by atoms with Gasteiger partial charge in [0.05, 0.1) is 13.2 Å². The normalized spacial score (nSPS) is 23.4. The summed E-state index contributed by atoms with van der Waals surface area (Å²) in [6.07, 6.45) is 6.02. The second-order valence-electron chi connectivity index (χ2n) is 11.9. The Morgan fingerprint density at radius 3 is 2.55 bits per heavy atom. The van der Waals surface area contributed by atoms with E-state index in [0.29, 0.717) is 29.0 Å². The average Bonchev–Trinajstić information content (AvgIpc) is 2.87. The van der Waals surface area contributed by atoms with E-state index < -0.39 is 0 Å². The van der Waals surface area contributed by atoms with Gasteiger partial charge in [-0.1, -0.05) is 33.3 Å². The summed E-state index contributed by atoms with van der Waals surface area (Å²) in [6, 6.07) is 13.0. The molecule has 38 heavy (non-hydrogen) atoms. The third-order valence-electron chi connectivity index (χ3n) is 7.83. The van der Waals surface area contributed by atoms with Crippen molar-refractivity contribution in [2.24, 2.45) is 17.8 Å². The smallest absolute Gasteiger partial charge is 0.250 e. The molecule has 204 valence electrons. The highest BCUT2D eigenvalue weighted by Gasteiger charge is 2.32. The maximum atomic E-state index is 13.2. The predicted molar refractivity (Wildman–Crippen MR) is 152 cm³/mol. The molecule has 3 atom stereocenters. The minimum atomic E-state index is -0.175. The highest BCUT2D eigenvalue weighted by Crippen LogP contribution is 2.35. The molecule has 1 amide bonds. The molecule has 0 saturated heterocycles. The molecule has 0 unspecified atom stereocenters. The van der Waals surface area contributed by atoms with Crippen LogP contribution in [0.4, 0.5) is 5.69 Å². The highest BCUT2D eigenvalue weighted by atomic mass is 16.5. The van der Waals surface area contributed by atoms with Crippen molar-refractivity contribution in [1.29, 1.82) is 0 Å². The van der Waals surface area contributed by atoms with Crippen molar-refractivity contribution in [3.8, 4) is 5.75 Å². The molecule has 1 heterocycles. The first-order chi connectivity index (χ1) is 18.0. The minimum Gasteiger partial charge on any atom is -0.497 e. The topological polar surface area (TPSA) is 76.7 Å². The van der Waals surface area contributed by atoms with Gasteiger partial charge in [-0.05, 0) is 92.8 Å². The lowest BCUT2D eigenvalue weighted by Gasteiger charge is -2.37. The number of allylic oxidation sites excluding steroid dienone is 1. The molecule has 0 bridgehead atoms. The van der Waals surface area contributed by atoms with Crippen LogP contribution in [0.15, 0.2) is 48.5 Å². The first-order valence-electron chi connectivity index (χ1n) is 13.8. The van der Waals surface area contributed by atoms with Gasteiger partial charge in [-0.2, -0.15) is 0 Å². The number of ketones is 1. The lowest BCUT2D eigenvalue weighted by atomic mass is 9.75. The molecular formula is C32H42N2O4. The zero-order valence-corrected chi connectivity index (χ0v) is 23.6. The Balaban J connectivity index is 1.39. The van der Waals surface area contributed by atoms with E-state index in [9.17, 15) is 9.59 Å². The molecule has 1 aliphatic carbocycles. The van der Waals surface area contributed by atoms with Crippen LogP contribution in [0, 0.1) is 17.8 Å². The first kappa shape index (κ1) is 27.9. The van der Waals surface area contributed by atoms with E-state index in [1.54, 1.807) is 37.5 Å². The number of methoxy groups -OCH3 is 1. The Bertz CT molecular complexity index is 1180. The van der Waals surface area contributed by atoms with Crippen molar-refractivity contribution in [2.45, 2.75) is 71.9 Å². The number of ether oxygens (including phenoxy) is 2. The second kappa shape index (κ2) is 11.7. The fraction of sp³-hybridized carbons (Fsp3) is 0.500. The van der Waals surface area contributed by atoms with Gasteiger partial charge in [0.2, 0.25) is 5.91 Å². The molecule has 1 saturated carbocycles. The standard InChI is InChI=1S/C32H42N2O4/c1-20(2)26-14-7-21(3)15-30(26)38-19-31(36)33-24-11-8-22(9-12-24)29(35)17-28-27-16-25(37-6)13-10-23(27)18-32(4,5)34-28/h8-13,16-17,20-21,26,30,34H,7,14-15,18-19H2,1-6H3,(H,33,36)/b28-17-/t21-,26+,30-/m1/s1. The molecule has 0 aromatic heterocycles. The van der Waals surface area contributed by atoms with Crippen molar-refractivity contribution in [1.82, 2.24) is 5.32 Å². The Morgan fingerprint density at radius 1 is 1.13 bits per heavy atom. The number of nitrogens with one attached hydrogen (secondary N) is 2. The number of anilines is 1. The minimum absolute atomic E-state index is 0.0394. The molecule has 2 N–H and O–H groups in total. The highest BCUT2D eigenvalue weighted by molar-refractivity contribution is 6.09. The Morgan fingerprint density at radius 2 is 1.87 bits per heavy atom. The number of carbonyl (C=O) groups excluding carboxylic acids is 2. The largest absolute Gasteiger partial charge is 0.497 e. The monoisotopic (exact) mass is 518 g/mol. The molecule has 0 radical (unpaired) electrons. The van der Waals surface area contributed by atoms with Crippen LogP contribution in [0.5, 0.6) is 5.75 Å². The number of amides is 1. The van der Waals surface area contributed by atoms with Crippen LogP contribution < -0.4 is 15.4 Å². The number of carbonyl (C=O) groups is 2. The summed E-state index contributed by atoms with van der Waals surface area (Å²) in [6.45, 7) is 11.0. The first-order valence-corrected chi connectivity index (χ1v) is 13.8. The molecule has 1 aliphatic heterocycles. The van der Waals surface area contributed by atoms with E-state index in [1.807, 2.05) is 12.1 Å². The van der Waals surface area contributed by atoms with Crippen molar-refractivity contribution in [2.75, 3.05) is 19.0 Å². The lowest BCUT2D eigenvalue weighted by molar-refractivity contribution is -0.126. The lowest BCUT2D eigenvalue weighted by Crippen LogP contribution is -2.43. The van der Waals surface area contributed by atoms with Gasteiger partial charge in [-0.3, -0.25) is 9.59 Å². The Kier molecular flexibility index (Phi) is 8.61. The van der Waals surface area contributed by atoms with Gasteiger partial charge in [0.15, 0.2) is 5.78 Å².